The van der Waals surface area contributed by atoms with Gasteiger partial charge in [-0.3, -0.25) is 0 Å². The van der Waals surface area contributed by atoms with Crippen molar-refractivity contribution in [1.29, 1.82) is 0 Å². The molecule has 26 heavy (non-hydrogen) atoms. The second-order valence-electron chi connectivity index (χ2n) is 6.72. The lowest BCUT2D eigenvalue weighted by atomic mass is 9.89. The fourth-order valence-corrected chi connectivity index (χ4v) is 5.79. The van der Waals surface area contributed by atoms with Crippen molar-refractivity contribution in [2.75, 3.05) is 12.4 Å². The topological polar surface area (TPSA) is 35.0 Å². The molecule has 6 heteroatoms. The van der Waals surface area contributed by atoms with E-state index in [2.05, 4.69) is 16.9 Å². The van der Waals surface area contributed by atoms with E-state index in [1.165, 1.54) is 28.7 Å². The summed E-state index contributed by atoms with van der Waals surface area (Å²) < 4.78 is 5.77. The third kappa shape index (κ3) is 4.00. The number of hydrogen-bond donors (Lipinski definition) is 0. The molecule has 0 radical (unpaired) electrons. The van der Waals surface area contributed by atoms with Gasteiger partial charge < -0.3 is 4.74 Å². The molecule has 1 aliphatic carbocycles. The Morgan fingerprint density at radius 3 is 2.96 bits per heavy atom. The zero-order chi connectivity index (χ0) is 17.9. The maximum Gasteiger partial charge on any atom is 0.128 e. The Hall–Kier alpha value is -1.30. The van der Waals surface area contributed by atoms with Gasteiger partial charge in [0, 0.05) is 21.0 Å². The summed E-state index contributed by atoms with van der Waals surface area (Å²) in [7, 11) is 0. The Morgan fingerprint density at radius 2 is 2.12 bits per heavy atom. The number of benzene rings is 1. The van der Waals surface area contributed by atoms with Gasteiger partial charge in [-0.15, -0.1) is 23.1 Å². The molecule has 2 heterocycles. The van der Waals surface area contributed by atoms with Gasteiger partial charge in [-0.2, -0.15) is 0 Å². The van der Waals surface area contributed by atoms with Crippen LogP contribution in [-0.2, 0) is 12.8 Å². The monoisotopic (exact) mass is 404 g/mol. The summed E-state index contributed by atoms with van der Waals surface area (Å²) in [6.07, 6.45) is 6.31. The summed E-state index contributed by atoms with van der Waals surface area (Å²) in [5.41, 5.74) is 1.50. The van der Waals surface area contributed by atoms with Gasteiger partial charge in [0.05, 0.1) is 6.61 Å². The summed E-state index contributed by atoms with van der Waals surface area (Å²) in [4.78, 5) is 11.8. The number of thioether (sulfide) groups is 1. The maximum absolute atomic E-state index is 5.89. The third-order valence-electron chi connectivity index (χ3n) is 4.67. The van der Waals surface area contributed by atoms with Gasteiger partial charge in [0.2, 0.25) is 0 Å². The average molecular weight is 405 g/mol. The smallest absolute Gasteiger partial charge is 0.128 e. The van der Waals surface area contributed by atoms with E-state index >= 15 is 0 Å². The molecular weight excluding hydrogens is 384 g/mol. The van der Waals surface area contributed by atoms with Gasteiger partial charge in [0.1, 0.15) is 21.9 Å². The third-order valence-corrected chi connectivity index (χ3v) is 7.16. The molecule has 4 rings (SSSR count). The molecule has 0 saturated heterocycles. The van der Waals surface area contributed by atoms with Crippen molar-refractivity contribution in [2.24, 2.45) is 5.92 Å². The molecule has 0 unspecified atom stereocenters. The van der Waals surface area contributed by atoms with Crippen LogP contribution in [-0.4, -0.2) is 22.3 Å². The van der Waals surface area contributed by atoms with Crippen LogP contribution in [0, 0.1) is 5.92 Å². The van der Waals surface area contributed by atoms with Crippen LogP contribution in [0.5, 0.6) is 5.75 Å². The quantitative estimate of drug-likeness (QED) is 0.285. The van der Waals surface area contributed by atoms with Crippen molar-refractivity contribution in [3.63, 3.8) is 0 Å². The molecule has 0 N–H and O–H groups in total. The highest BCUT2D eigenvalue weighted by Gasteiger charge is 2.23. The number of halogens is 1. The van der Waals surface area contributed by atoms with Crippen molar-refractivity contribution in [1.82, 2.24) is 9.97 Å². The van der Waals surface area contributed by atoms with Crippen molar-refractivity contribution >= 4 is 44.9 Å². The van der Waals surface area contributed by atoms with E-state index in [4.69, 9.17) is 16.3 Å². The van der Waals surface area contributed by atoms with E-state index in [1.54, 1.807) is 6.33 Å². The van der Waals surface area contributed by atoms with Crippen molar-refractivity contribution in [3.8, 4) is 5.75 Å². The first-order valence-corrected chi connectivity index (χ1v) is 11.1. The molecule has 0 aliphatic heterocycles. The van der Waals surface area contributed by atoms with Gasteiger partial charge in [-0.1, -0.05) is 18.5 Å². The van der Waals surface area contributed by atoms with Crippen LogP contribution in [0.25, 0.3) is 10.2 Å². The van der Waals surface area contributed by atoms with Gasteiger partial charge >= 0.3 is 0 Å². The normalized spacial score (nSPS) is 16.6. The molecule has 3 aromatic rings. The highest BCUT2D eigenvalue weighted by atomic mass is 35.5. The SMILES string of the molecule is C[C@H]1CCc2c(sc3ncnc(SCCCOc4ccc(Cl)cc4)c23)C1. The molecule has 2 aromatic heterocycles. The second kappa shape index (κ2) is 8.15. The lowest BCUT2D eigenvalue weighted by molar-refractivity contribution is 0.318. The standard InChI is InChI=1S/C20H21ClN2OS2/c1-13-3-8-16-17(11-13)26-20-18(16)19(22-12-23-20)25-10-2-9-24-15-6-4-14(21)5-7-15/h4-7,12-13H,2-3,8-11H2,1H3/t13-/m0/s1. The second-order valence-corrected chi connectivity index (χ2v) is 9.32. The number of hydrogen-bond acceptors (Lipinski definition) is 5. The van der Waals surface area contributed by atoms with Crippen LogP contribution >= 0.6 is 34.7 Å². The van der Waals surface area contributed by atoms with Gasteiger partial charge in [-0.05, 0) is 61.4 Å². The predicted molar refractivity (Wildman–Crippen MR) is 111 cm³/mol. The minimum absolute atomic E-state index is 0.697. The van der Waals surface area contributed by atoms with Crippen LogP contribution in [0.4, 0.5) is 0 Å². The molecule has 0 saturated carbocycles. The van der Waals surface area contributed by atoms with E-state index < -0.39 is 0 Å². The Bertz CT molecular complexity index is 895. The largest absolute Gasteiger partial charge is 0.494 e. The molecule has 1 aliphatic rings. The van der Waals surface area contributed by atoms with Gasteiger partial charge in [0.25, 0.3) is 0 Å². The van der Waals surface area contributed by atoms with E-state index in [1.807, 2.05) is 47.4 Å². The molecule has 0 bridgehead atoms. The van der Waals surface area contributed by atoms with Crippen molar-refractivity contribution in [2.45, 2.75) is 37.6 Å². The summed E-state index contributed by atoms with van der Waals surface area (Å²) in [5, 5.41) is 3.17. The first-order valence-electron chi connectivity index (χ1n) is 8.97. The molecule has 0 fully saturated rings. The molecule has 1 aromatic carbocycles. The first kappa shape index (κ1) is 18.1. The number of rotatable bonds is 6. The number of ether oxygens (including phenoxy) is 1. The maximum atomic E-state index is 5.89. The van der Waals surface area contributed by atoms with Gasteiger partial charge in [-0.25, -0.2) is 9.97 Å². The summed E-state index contributed by atoms with van der Waals surface area (Å²) in [5.74, 6) is 2.63. The molecule has 3 nitrogen and oxygen atoms in total. The van der Waals surface area contributed by atoms with Crippen molar-refractivity contribution < 1.29 is 4.74 Å². The lowest BCUT2D eigenvalue weighted by Crippen LogP contribution is -2.08. The number of aryl methyl sites for hydroxylation is 1. The Labute approximate surface area is 167 Å². The number of nitrogens with zero attached hydrogens (tertiary/aromatic N) is 2. The minimum atomic E-state index is 0.697. The zero-order valence-electron chi connectivity index (χ0n) is 14.7. The summed E-state index contributed by atoms with van der Waals surface area (Å²) in [6.45, 7) is 3.04. The van der Waals surface area contributed by atoms with E-state index in [0.29, 0.717) is 6.61 Å². The van der Waals surface area contributed by atoms with E-state index in [-0.39, 0.29) is 0 Å². The minimum Gasteiger partial charge on any atom is -0.494 e. The highest BCUT2D eigenvalue weighted by Crippen LogP contribution is 2.40. The fourth-order valence-electron chi connectivity index (χ4n) is 3.30. The Kier molecular flexibility index (Phi) is 5.67. The number of thiophene rings is 1. The lowest BCUT2D eigenvalue weighted by Gasteiger charge is -2.18. The molecule has 0 amide bonds. The average Bonchev–Trinajstić information content (AvgIpc) is 3.01. The van der Waals surface area contributed by atoms with Crippen molar-refractivity contribution in [3.05, 3.63) is 46.1 Å². The highest BCUT2D eigenvalue weighted by molar-refractivity contribution is 7.99. The summed E-state index contributed by atoms with van der Waals surface area (Å²) in [6, 6.07) is 7.51. The van der Waals surface area contributed by atoms with E-state index in [0.717, 1.165) is 45.1 Å². The number of aromatic nitrogens is 2. The van der Waals surface area contributed by atoms with E-state index in [9.17, 15) is 0 Å². The predicted octanol–water partition coefficient (Wildman–Crippen LogP) is 6.03. The van der Waals surface area contributed by atoms with Crippen LogP contribution in [0.3, 0.4) is 0 Å². The molecule has 136 valence electrons. The first-order chi connectivity index (χ1) is 12.7. The Morgan fingerprint density at radius 1 is 1.27 bits per heavy atom. The van der Waals surface area contributed by atoms with Crippen LogP contribution in [0.2, 0.25) is 5.02 Å². The summed E-state index contributed by atoms with van der Waals surface area (Å²) >= 11 is 9.57. The zero-order valence-corrected chi connectivity index (χ0v) is 17.1. The van der Waals surface area contributed by atoms with Crippen LogP contribution in [0.15, 0.2) is 35.6 Å². The van der Waals surface area contributed by atoms with Crippen LogP contribution < -0.4 is 4.74 Å². The molecule has 1 atom stereocenters. The van der Waals surface area contributed by atoms with Crippen LogP contribution in [0.1, 0.15) is 30.2 Å². The fraction of sp³-hybridized carbons (Fsp3) is 0.400. The molecule has 0 spiro atoms. The van der Waals surface area contributed by atoms with Gasteiger partial charge in [0.15, 0.2) is 0 Å². The molecular formula is C20H21ClN2OS2. The Balaban J connectivity index is 1.37. The number of fused-ring (bicyclic) bond motifs is 3.